The molecule has 0 saturated carbocycles. The van der Waals surface area contributed by atoms with Crippen molar-refractivity contribution in [3.05, 3.63) is 21.1 Å². The van der Waals surface area contributed by atoms with Gasteiger partial charge >= 0.3 is 0 Å². The van der Waals surface area contributed by atoms with Gasteiger partial charge in [0.05, 0.1) is 0 Å². The molecule has 16 heavy (non-hydrogen) atoms. The third kappa shape index (κ3) is 3.24. The molecule has 0 aliphatic heterocycles. The van der Waals surface area contributed by atoms with Crippen LogP contribution in [0.5, 0.6) is 0 Å². The maximum atomic E-state index is 14.0. The molecule has 0 saturated heterocycles. The minimum atomic E-state index is -2.88. The fourth-order valence-corrected chi connectivity index (χ4v) is 7.65. The van der Waals surface area contributed by atoms with E-state index in [0.717, 1.165) is 0 Å². The van der Waals surface area contributed by atoms with Crippen LogP contribution in [0, 0.1) is 0 Å². The molecule has 90 valence electrons. The molecule has 0 heterocycles. The summed E-state index contributed by atoms with van der Waals surface area (Å²) in [4.78, 5) is 0. The van der Waals surface area contributed by atoms with Crippen molar-refractivity contribution < 1.29 is 8.22 Å². The number of benzene rings is 1. The van der Waals surface area contributed by atoms with Crippen LogP contribution in [-0.2, 0) is 0 Å². The van der Waals surface area contributed by atoms with Crippen LogP contribution in [0.25, 0.3) is 0 Å². The molecule has 0 aromatic heterocycles. The fourth-order valence-electron chi connectivity index (χ4n) is 1.46. The molecular formula is C10H14Br2F2Si2. The smallest absolute Gasteiger partial charge is 0.272 e. The highest BCUT2D eigenvalue weighted by atomic mass is 79.9. The van der Waals surface area contributed by atoms with Crippen LogP contribution < -0.4 is 10.4 Å². The molecule has 0 atom stereocenters. The van der Waals surface area contributed by atoms with Gasteiger partial charge in [0.15, 0.2) is 0 Å². The quantitative estimate of drug-likeness (QED) is 0.531. The zero-order chi connectivity index (χ0) is 12.7. The van der Waals surface area contributed by atoms with E-state index in [0.29, 0.717) is 19.3 Å². The van der Waals surface area contributed by atoms with E-state index in [1.807, 2.05) is 0 Å². The van der Waals surface area contributed by atoms with Crippen LogP contribution in [0.3, 0.4) is 0 Å². The summed E-state index contributed by atoms with van der Waals surface area (Å²) in [6.45, 7) is 6.49. The summed E-state index contributed by atoms with van der Waals surface area (Å²) in [6.07, 6.45) is 0. The van der Waals surface area contributed by atoms with Crippen LogP contribution in [-0.4, -0.2) is 16.8 Å². The molecule has 0 nitrogen and oxygen atoms in total. The molecular weight excluding hydrogens is 374 g/mol. The molecule has 0 N–H and O–H groups in total. The highest BCUT2D eigenvalue weighted by Crippen LogP contribution is 2.21. The van der Waals surface area contributed by atoms with Crippen molar-refractivity contribution in [2.45, 2.75) is 26.2 Å². The lowest BCUT2D eigenvalue weighted by Crippen LogP contribution is -2.43. The highest BCUT2D eigenvalue weighted by Gasteiger charge is 2.31. The predicted molar refractivity (Wildman–Crippen MR) is 78.3 cm³/mol. The number of rotatable bonds is 2. The first-order valence-corrected chi connectivity index (χ1v) is 12.3. The van der Waals surface area contributed by atoms with E-state index in [9.17, 15) is 8.22 Å². The van der Waals surface area contributed by atoms with Gasteiger partial charge in [-0.25, -0.2) is 0 Å². The van der Waals surface area contributed by atoms with Crippen molar-refractivity contribution in [2.24, 2.45) is 0 Å². The van der Waals surface area contributed by atoms with Crippen LogP contribution in [0.1, 0.15) is 0 Å². The van der Waals surface area contributed by atoms with Crippen LogP contribution >= 0.6 is 31.9 Å². The Morgan fingerprint density at radius 2 is 1.06 bits per heavy atom. The van der Waals surface area contributed by atoms with Crippen molar-refractivity contribution in [3.63, 3.8) is 0 Å². The van der Waals surface area contributed by atoms with E-state index >= 15 is 0 Å². The van der Waals surface area contributed by atoms with Crippen molar-refractivity contribution in [1.82, 2.24) is 0 Å². The van der Waals surface area contributed by atoms with E-state index in [-0.39, 0.29) is 0 Å². The van der Waals surface area contributed by atoms with Gasteiger partial charge in [-0.15, -0.1) is 0 Å². The first-order chi connectivity index (χ1) is 7.03. The van der Waals surface area contributed by atoms with E-state index in [4.69, 9.17) is 0 Å². The number of halogens is 4. The maximum absolute atomic E-state index is 14.0. The van der Waals surface area contributed by atoms with Gasteiger partial charge < -0.3 is 8.22 Å². The lowest BCUT2D eigenvalue weighted by molar-refractivity contribution is 0.818. The molecule has 6 heteroatoms. The monoisotopic (exact) mass is 386 g/mol. The zero-order valence-corrected chi connectivity index (χ0v) is 14.8. The van der Waals surface area contributed by atoms with Crippen molar-refractivity contribution in [2.75, 3.05) is 0 Å². The van der Waals surface area contributed by atoms with Crippen molar-refractivity contribution >= 4 is 59.0 Å². The molecule has 0 spiro atoms. The topological polar surface area (TPSA) is 0 Å². The Morgan fingerprint density at radius 3 is 1.25 bits per heavy atom. The Labute approximate surface area is 114 Å². The lowest BCUT2D eigenvalue weighted by Gasteiger charge is -2.19. The molecule has 1 aromatic carbocycles. The van der Waals surface area contributed by atoms with Gasteiger partial charge in [0.2, 0.25) is 0 Å². The number of hydrogen-bond donors (Lipinski definition) is 0. The second-order valence-corrected chi connectivity index (χ2v) is 13.4. The zero-order valence-electron chi connectivity index (χ0n) is 9.67. The minimum Gasteiger partial charge on any atom is -0.308 e. The molecule has 0 bridgehead atoms. The summed E-state index contributed by atoms with van der Waals surface area (Å²) < 4.78 is 29.4. The van der Waals surface area contributed by atoms with Crippen molar-refractivity contribution in [1.29, 1.82) is 0 Å². The molecule has 0 radical (unpaired) electrons. The molecule has 0 fully saturated rings. The molecule has 1 rings (SSSR count). The summed E-state index contributed by atoms with van der Waals surface area (Å²) in [5, 5.41) is 1.34. The molecule has 0 unspecified atom stereocenters. The second kappa shape index (κ2) is 4.63. The summed E-state index contributed by atoms with van der Waals surface area (Å²) in [6, 6.07) is 3.44. The minimum absolute atomic E-state index is 0.668. The Balaban J connectivity index is 3.40. The highest BCUT2D eigenvalue weighted by molar-refractivity contribution is 9.11. The Kier molecular flexibility index (Phi) is 4.20. The van der Waals surface area contributed by atoms with Gasteiger partial charge in [-0.1, -0.05) is 31.9 Å². The largest absolute Gasteiger partial charge is 0.308 e. The second-order valence-electron chi connectivity index (χ2n) is 4.76. The van der Waals surface area contributed by atoms with E-state index < -0.39 is 16.8 Å². The first-order valence-electron chi connectivity index (χ1n) is 4.91. The Hall–Kier alpha value is 0.474. The average Bonchev–Trinajstić information content (AvgIpc) is 2.04. The van der Waals surface area contributed by atoms with E-state index in [1.165, 1.54) is 0 Å². The van der Waals surface area contributed by atoms with Gasteiger partial charge in [0.1, 0.15) is 0 Å². The van der Waals surface area contributed by atoms with Gasteiger partial charge in [-0.3, -0.25) is 0 Å². The van der Waals surface area contributed by atoms with Gasteiger partial charge in [0, 0.05) is 8.95 Å². The maximum Gasteiger partial charge on any atom is 0.272 e. The molecule has 0 amide bonds. The van der Waals surface area contributed by atoms with Crippen LogP contribution in [0.4, 0.5) is 8.22 Å². The molecule has 0 aliphatic rings. The van der Waals surface area contributed by atoms with Gasteiger partial charge in [-0.2, -0.15) is 0 Å². The SMILES string of the molecule is C[Si](C)(F)c1cc(Br)c([Si](C)(C)F)cc1Br. The summed E-state index contributed by atoms with van der Waals surface area (Å²) in [5.41, 5.74) is 0. The first kappa shape index (κ1) is 14.5. The third-order valence-corrected chi connectivity index (χ3v) is 7.77. The van der Waals surface area contributed by atoms with Gasteiger partial charge in [-0.05, 0) is 48.7 Å². The average molecular weight is 388 g/mol. The van der Waals surface area contributed by atoms with Crippen molar-refractivity contribution in [3.8, 4) is 0 Å². The molecule has 0 aliphatic carbocycles. The normalized spacial score (nSPS) is 13.0. The standard InChI is InChI=1S/C10H14Br2F2Si2/c1-15(2,13)9-5-8(12)10(6-7(9)11)16(3,4)14/h5-6H,1-4H3. The summed E-state index contributed by atoms with van der Waals surface area (Å²) in [7, 11) is -5.75. The van der Waals surface area contributed by atoms with Crippen LogP contribution in [0.2, 0.25) is 26.2 Å². The number of hydrogen-bond acceptors (Lipinski definition) is 0. The molecule has 1 aromatic rings. The van der Waals surface area contributed by atoms with E-state index in [1.54, 1.807) is 38.3 Å². The Bertz CT molecular complexity index is 369. The Morgan fingerprint density at radius 1 is 0.812 bits per heavy atom. The summed E-state index contributed by atoms with van der Waals surface area (Å²) in [5.74, 6) is 0. The van der Waals surface area contributed by atoms with Gasteiger partial charge in [0.25, 0.3) is 16.8 Å². The fraction of sp³-hybridized carbons (Fsp3) is 0.400. The summed E-state index contributed by atoms with van der Waals surface area (Å²) >= 11 is 6.68. The predicted octanol–water partition coefficient (Wildman–Crippen LogP) is 3.97. The van der Waals surface area contributed by atoms with Crippen LogP contribution in [0.15, 0.2) is 21.1 Å². The third-order valence-electron chi connectivity index (χ3n) is 2.34. The lowest BCUT2D eigenvalue weighted by atomic mass is 10.4. The van der Waals surface area contributed by atoms with E-state index in [2.05, 4.69) is 31.9 Å².